The van der Waals surface area contributed by atoms with E-state index in [1.54, 1.807) is 4.90 Å². The predicted molar refractivity (Wildman–Crippen MR) is 98.7 cm³/mol. The van der Waals surface area contributed by atoms with E-state index in [0.717, 1.165) is 17.1 Å². The first-order chi connectivity index (χ1) is 11.7. The zero-order valence-corrected chi connectivity index (χ0v) is 15.5. The number of aryl methyl sites for hydroxylation is 2. The van der Waals surface area contributed by atoms with Crippen LogP contribution in [0.5, 0.6) is 0 Å². The van der Waals surface area contributed by atoms with Crippen LogP contribution in [-0.4, -0.2) is 45.5 Å². The van der Waals surface area contributed by atoms with E-state index in [4.69, 9.17) is 5.11 Å². The van der Waals surface area contributed by atoms with Gasteiger partial charge in [0, 0.05) is 28.7 Å². The molecule has 0 aliphatic heterocycles. The normalized spacial score (nSPS) is 11.3. The van der Waals surface area contributed by atoms with E-state index in [1.807, 2.05) is 65.0 Å². The molecule has 0 aliphatic rings. The molecule has 1 aromatic heterocycles. The molecule has 1 aromatic carbocycles. The third-order valence-electron chi connectivity index (χ3n) is 4.44. The fourth-order valence-electron chi connectivity index (χ4n) is 3.00. The van der Waals surface area contributed by atoms with Gasteiger partial charge >= 0.3 is 5.97 Å². The van der Waals surface area contributed by atoms with Crippen molar-refractivity contribution >= 4 is 11.8 Å². The maximum Gasteiger partial charge on any atom is 0.317 e. The van der Waals surface area contributed by atoms with Gasteiger partial charge in [-0.2, -0.15) is 0 Å². The van der Waals surface area contributed by atoms with Crippen molar-refractivity contribution in [1.82, 2.24) is 9.47 Å². The fourth-order valence-corrected chi connectivity index (χ4v) is 3.00. The van der Waals surface area contributed by atoms with Crippen LogP contribution in [0.25, 0.3) is 5.69 Å². The second-order valence-corrected chi connectivity index (χ2v) is 6.77. The van der Waals surface area contributed by atoms with Crippen LogP contribution in [-0.2, 0) is 4.79 Å². The molecule has 0 aliphatic carbocycles. The largest absolute Gasteiger partial charge is 0.480 e. The van der Waals surface area contributed by atoms with E-state index >= 15 is 0 Å². The molecule has 0 radical (unpaired) electrons. The first-order valence-electron chi connectivity index (χ1n) is 8.45. The molecule has 0 unspecified atom stereocenters. The number of carbonyl (C=O) groups is 2. The summed E-state index contributed by atoms with van der Waals surface area (Å²) >= 11 is 0. The Labute approximate surface area is 148 Å². The first-order valence-corrected chi connectivity index (χ1v) is 8.45. The third kappa shape index (κ3) is 4.37. The molecule has 1 N–H and O–H groups in total. The Morgan fingerprint density at radius 2 is 1.68 bits per heavy atom. The standard InChI is InChI=1S/C20H26N2O3/c1-13(2)21(12-20(24)25)11-19(23)18-10-15(4)22(16(18)5)17-8-6-14(3)7-9-17/h6-10,13H,11-12H2,1-5H3,(H,24,25). The van der Waals surface area contributed by atoms with Crippen LogP contribution >= 0.6 is 0 Å². The Bertz CT molecular complexity index is 773. The summed E-state index contributed by atoms with van der Waals surface area (Å²) in [5.74, 6) is -0.979. The second-order valence-electron chi connectivity index (χ2n) is 6.77. The first kappa shape index (κ1) is 18.9. The Kier molecular flexibility index (Phi) is 5.80. The average Bonchev–Trinajstić information content (AvgIpc) is 2.82. The molecular formula is C20H26N2O3. The summed E-state index contributed by atoms with van der Waals surface area (Å²) in [5, 5.41) is 9.03. The molecule has 0 bridgehead atoms. The van der Waals surface area contributed by atoms with Crippen LogP contribution in [0.3, 0.4) is 0 Å². The summed E-state index contributed by atoms with van der Waals surface area (Å²) in [6.45, 7) is 9.69. The van der Waals surface area contributed by atoms with Crippen molar-refractivity contribution in [2.75, 3.05) is 13.1 Å². The summed E-state index contributed by atoms with van der Waals surface area (Å²) in [6.07, 6.45) is 0. The average molecular weight is 342 g/mol. The van der Waals surface area contributed by atoms with Crippen molar-refractivity contribution in [3.05, 3.63) is 52.8 Å². The molecular weight excluding hydrogens is 316 g/mol. The molecule has 2 rings (SSSR count). The molecule has 0 saturated carbocycles. The van der Waals surface area contributed by atoms with Crippen LogP contribution in [0.4, 0.5) is 0 Å². The molecule has 25 heavy (non-hydrogen) atoms. The van der Waals surface area contributed by atoms with Crippen molar-refractivity contribution < 1.29 is 14.7 Å². The van der Waals surface area contributed by atoms with Gasteiger partial charge in [-0.3, -0.25) is 14.5 Å². The number of carboxylic acids is 1. The van der Waals surface area contributed by atoms with Gasteiger partial charge in [-0.05, 0) is 52.8 Å². The summed E-state index contributed by atoms with van der Waals surface area (Å²) in [7, 11) is 0. The van der Waals surface area contributed by atoms with Crippen LogP contribution in [0.15, 0.2) is 30.3 Å². The number of rotatable bonds is 7. The SMILES string of the molecule is Cc1ccc(-n2c(C)cc(C(=O)CN(CC(=O)O)C(C)C)c2C)cc1. The minimum atomic E-state index is -0.924. The lowest BCUT2D eigenvalue weighted by Crippen LogP contribution is -2.39. The monoisotopic (exact) mass is 342 g/mol. The van der Waals surface area contributed by atoms with Crippen molar-refractivity contribution in [3.8, 4) is 5.69 Å². The lowest BCUT2D eigenvalue weighted by Gasteiger charge is -2.23. The highest BCUT2D eigenvalue weighted by Crippen LogP contribution is 2.22. The molecule has 0 fully saturated rings. The fraction of sp³-hybridized carbons (Fsp3) is 0.400. The van der Waals surface area contributed by atoms with Crippen LogP contribution in [0.2, 0.25) is 0 Å². The number of hydrogen-bond donors (Lipinski definition) is 1. The topological polar surface area (TPSA) is 62.5 Å². The van der Waals surface area contributed by atoms with E-state index in [0.29, 0.717) is 5.56 Å². The van der Waals surface area contributed by atoms with Gasteiger partial charge in [0.1, 0.15) is 0 Å². The highest BCUT2D eigenvalue weighted by Gasteiger charge is 2.21. The lowest BCUT2D eigenvalue weighted by molar-refractivity contribution is -0.138. The van der Waals surface area contributed by atoms with Gasteiger partial charge in [0.25, 0.3) is 0 Å². The van der Waals surface area contributed by atoms with Crippen LogP contribution in [0, 0.1) is 20.8 Å². The van der Waals surface area contributed by atoms with Gasteiger partial charge in [-0.25, -0.2) is 0 Å². The zero-order chi connectivity index (χ0) is 18.7. The molecule has 0 spiro atoms. The molecule has 0 amide bonds. The Morgan fingerprint density at radius 3 is 2.20 bits per heavy atom. The van der Waals surface area contributed by atoms with Gasteiger partial charge in [-0.15, -0.1) is 0 Å². The number of aromatic nitrogens is 1. The van der Waals surface area contributed by atoms with Crippen molar-refractivity contribution in [1.29, 1.82) is 0 Å². The van der Waals surface area contributed by atoms with Gasteiger partial charge in [0.05, 0.1) is 13.1 Å². The highest BCUT2D eigenvalue weighted by molar-refractivity contribution is 5.99. The molecule has 2 aromatic rings. The van der Waals surface area contributed by atoms with Crippen molar-refractivity contribution in [3.63, 3.8) is 0 Å². The highest BCUT2D eigenvalue weighted by atomic mass is 16.4. The number of ketones is 1. The Hall–Kier alpha value is -2.40. The molecule has 0 saturated heterocycles. The minimum Gasteiger partial charge on any atom is -0.480 e. The summed E-state index contributed by atoms with van der Waals surface area (Å²) in [4.78, 5) is 25.4. The van der Waals surface area contributed by atoms with Crippen LogP contribution < -0.4 is 0 Å². The number of aliphatic carboxylic acids is 1. The number of hydrogen-bond acceptors (Lipinski definition) is 3. The van der Waals surface area contributed by atoms with Crippen LogP contribution in [0.1, 0.15) is 41.2 Å². The van der Waals surface area contributed by atoms with Crippen molar-refractivity contribution in [2.24, 2.45) is 0 Å². The summed E-state index contributed by atoms with van der Waals surface area (Å²) in [6, 6.07) is 10.0. The Balaban J connectivity index is 2.31. The summed E-state index contributed by atoms with van der Waals surface area (Å²) in [5.41, 5.74) is 4.72. The summed E-state index contributed by atoms with van der Waals surface area (Å²) < 4.78 is 2.06. The number of nitrogens with zero attached hydrogens (tertiary/aromatic N) is 2. The third-order valence-corrected chi connectivity index (χ3v) is 4.44. The van der Waals surface area contributed by atoms with Gasteiger partial charge in [0.2, 0.25) is 0 Å². The molecule has 5 nitrogen and oxygen atoms in total. The quantitative estimate of drug-likeness (QED) is 0.784. The number of carboxylic acid groups (broad SMARTS) is 1. The Morgan fingerprint density at radius 1 is 1.08 bits per heavy atom. The van der Waals surface area contributed by atoms with E-state index in [1.165, 1.54) is 5.56 Å². The number of Topliss-reactive ketones (excluding diaryl/α,β-unsaturated/α-hetero) is 1. The molecule has 134 valence electrons. The van der Waals surface area contributed by atoms with Crippen molar-refractivity contribution in [2.45, 2.75) is 40.7 Å². The van der Waals surface area contributed by atoms with Gasteiger partial charge in [0.15, 0.2) is 5.78 Å². The maximum atomic E-state index is 12.8. The number of carbonyl (C=O) groups excluding carboxylic acids is 1. The van der Waals surface area contributed by atoms with E-state index in [2.05, 4.69) is 4.57 Å². The zero-order valence-electron chi connectivity index (χ0n) is 15.5. The van der Waals surface area contributed by atoms with E-state index in [-0.39, 0.29) is 24.9 Å². The lowest BCUT2D eigenvalue weighted by atomic mass is 10.1. The second kappa shape index (κ2) is 7.66. The molecule has 5 heteroatoms. The molecule has 0 atom stereocenters. The maximum absolute atomic E-state index is 12.8. The van der Waals surface area contributed by atoms with E-state index in [9.17, 15) is 9.59 Å². The number of benzene rings is 1. The van der Waals surface area contributed by atoms with Gasteiger partial charge in [-0.1, -0.05) is 17.7 Å². The van der Waals surface area contributed by atoms with Gasteiger partial charge < -0.3 is 9.67 Å². The molecule has 1 heterocycles. The smallest absolute Gasteiger partial charge is 0.317 e. The van der Waals surface area contributed by atoms with E-state index < -0.39 is 5.97 Å². The predicted octanol–water partition coefficient (Wildman–Crippen LogP) is 3.38. The minimum absolute atomic E-state index is 0.0133.